The Morgan fingerprint density at radius 1 is 1.36 bits per heavy atom. The number of carbonyl (C=O) groups is 1. The number of carbonyl (C=O) groups excluding carboxylic acids is 1. The summed E-state index contributed by atoms with van der Waals surface area (Å²) in [5.41, 5.74) is 1.52. The van der Waals surface area contributed by atoms with E-state index >= 15 is 0 Å². The molecule has 3 rings (SSSR count). The Labute approximate surface area is 134 Å². The third kappa shape index (κ3) is 2.61. The van der Waals surface area contributed by atoms with Crippen LogP contribution in [0.4, 0.5) is 5.13 Å². The summed E-state index contributed by atoms with van der Waals surface area (Å²) in [5, 5.41) is 5.66. The van der Waals surface area contributed by atoms with Gasteiger partial charge in [0.2, 0.25) is 5.91 Å². The van der Waals surface area contributed by atoms with E-state index in [-0.39, 0.29) is 5.91 Å². The SMILES string of the molecule is COc1ccccc1C1(C(=O)Nc2nc(C(C)C)cs2)CC1. The first-order valence-electron chi connectivity index (χ1n) is 7.47. The minimum Gasteiger partial charge on any atom is -0.496 e. The van der Waals surface area contributed by atoms with E-state index in [1.807, 2.05) is 29.6 Å². The van der Waals surface area contributed by atoms with Crippen LogP contribution in [0.5, 0.6) is 5.75 Å². The zero-order valence-electron chi connectivity index (χ0n) is 13.1. The van der Waals surface area contributed by atoms with Crippen molar-refractivity contribution in [3.05, 3.63) is 40.9 Å². The van der Waals surface area contributed by atoms with Gasteiger partial charge < -0.3 is 10.1 Å². The van der Waals surface area contributed by atoms with Crippen molar-refractivity contribution in [2.45, 2.75) is 38.0 Å². The standard InChI is InChI=1S/C17H20N2O2S/c1-11(2)13-10-22-16(18-13)19-15(20)17(8-9-17)12-6-4-5-7-14(12)21-3/h4-7,10-11H,8-9H2,1-3H3,(H,18,19,20). The average molecular weight is 316 g/mol. The van der Waals surface area contributed by atoms with Gasteiger partial charge in [0.1, 0.15) is 5.75 Å². The van der Waals surface area contributed by atoms with Crippen molar-refractivity contribution in [1.29, 1.82) is 0 Å². The predicted molar refractivity (Wildman–Crippen MR) is 88.7 cm³/mol. The Morgan fingerprint density at radius 3 is 2.68 bits per heavy atom. The molecule has 0 atom stereocenters. The van der Waals surface area contributed by atoms with Crippen LogP contribution in [0.1, 0.15) is 43.9 Å². The number of methoxy groups -OCH3 is 1. The summed E-state index contributed by atoms with van der Waals surface area (Å²) in [5.74, 6) is 1.16. The minimum atomic E-state index is -0.462. The molecular formula is C17H20N2O2S. The fraction of sp³-hybridized carbons (Fsp3) is 0.412. The van der Waals surface area contributed by atoms with Crippen molar-refractivity contribution in [1.82, 2.24) is 4.98 Å². The van der Waals surface area contributed by atoms with Crippen LogP contribution in [0.25, 0.3) is 0 Å². The van der Waals surface area contributed by atoms with Gasteiger partial charge in [-0.3, -0.25) is 4.79 Å². The number of thiazole rings is 1. The largest absolute Gasteiger partial charge is 0.496 e. The summed E-state index contributed by atoms with van der Waals surface area (Å²) in [7, 11) is 1.64. The molecule has 1 amide bonds. The van der Waals surface area contributed by atoms with Gasteiger partial charge in [0.15, 0.2) is 5.13 Å². The molecule has 0 aliphatic heterocycles. The second kappa shape index (κ2) is 5.72. The quantitative estimate of drug-likeness (QED) is 0.909. The summed E-state index contributed by atoms with van der Waals surface area (Å²) >= 11 is 1.48. The molecule has 116 valence electrons. The second-order valence-corrected chi connectivity index (χ2v) is 6.83. The van der Waals surface area contributed by atoms with Gasteiger partial charge in [-0.1, -0.05) is 32.0 Å². The molecule has 1 N–H and O–H groups in total. The van der Waals surface area contributed by atoms with Gasteiger partial charge in [0, 0.05) is 10.9 Å². The van der Waals surface area contributed by atoms with E-state index in [0.29, 0.717) is 11.0 Å². The lowest BCUT2D eigenvalue weighted by Crippen LogP contribution is -2.28. The Balaban J connectivity index is 1.82. The maximum Gasteiger partial charge on any atom is 0.236 e. The zero-order valence-corrected chi connectivity index (χ0v) is 13.9. The van der Waals surface area contributed by atoms with Crippen molar-refractivity contribution in [2.75, 3.05) is 12.4 Å². The van der Waals surface area contributed by atoms with Crippen molar-refractivity contribution in [3.8, 4) is 5.75 Å². The van der Waals surface area contributed by atoms with E-state index in [1.165, 1.54) is 11.3 Å². The smallest absolute Gasteiger partial charge is 0.236 e. The summed E-state index contributed by atoms with van der Waals surface area (Å²) in [6.45, 7) is 4.19. The maximum atomic E-state index is 12.7. The van der Waals surface area contributed by atoms with Crippen LogP contribution in [-0.2, 0) is 10.2 Å². The number of nitrogens with one attached hydrogen (secondary N) is 1. The monoisotopic (exact) mass is 316 g/mol. The number of nitrogens with zero attached hydrogens (tertiary/aromatic N) is 1. The molecule has 0 unspecified atom stereocenters. The fourth-order valence-corrected chi connectivity index (χ4v) is 3.48. The van der Waals surface area contributed by atoms with Crippen LogP contribution in [0.3, 0.4) is 0 Å². The molecule has 0 saturated heterocycles. The summed E-state index contributed by atoms with van der Waals surface area (Å²) < 4.78 is 5.41. The Kier molecular flexibility index (Phi) is 3.91. The van der Waals surface area contributed by atoms with E-state index in [2.05, 4.69) is 24.1 Å². The average Bonchev–Trinajstić information content (AvgIpc) is 3.20. The lowest BCUT2D eigenvalue weighted by Gasteiger charge is -2.17. The number of aromatic nitrogens is 1. The van der Waals surface area contributed by atoms with E-state index in [4.69, 9.17) is 4.74 Å². The third-order valence-electron chi connectivity index (χ3n) is 4.14. The first-order valence-corrected chi connectivity index (χ1v) is 8.35. The molecule has 5 heteroatoms. The van der Waals surface area contributed by atoms with E-state index in [0.717, 1.165) is 29.8 Å². The van der Waals surface area contributed by atoms with E-state index in [9.17, 15) is 4.79 Å². The highest BCUT2D eigenvalue weighted by molar-refractivity contribution is 7.13. The van der Waals surface area contributed by atoms with Gasteiger partial charge >= 0.3 is 0 Å². The minimum absolute atomic E-state index is 0.0154. The molecule has 1 saturated carbocycles. The first kappa shape index (κ1) is 15.0. The van der Waals surface area contributed by atoms with Crippen molar-refractivity contribution >= 4 is 22.4 Å². The predicted octanol–water partition coefficient (Wildman–Crippen LogP) is 3.95. The molecule has 0 bridgehead atoms. The van der Waals surface area contributed by atoms with E-state index < -0.39 is 5.41 Å². The van der Waals surface area contributed by atoms with Crippen LogP contribution >= 0.6 is 11.3 Å². The van der Waals surface area contributed by atoms with Crippen molar-refractivity contribution in [2.24, 2.45) is 0 Å². The molecule has 0 spiro atoms. The summed E-state index contributed by atoms with van der Waals surface area (Å²) in [6.07, 6.45) is 1.70. The highest BCUT2D eigenvalue weighted by Gasteiger charge is 2.53. The maximum absolute atomic E-state index is 12.7. The lowest BCUT2D eigenvalue weighted by molar-refractivity contribution is -0.118. The topological polar surface area (TPSA) is 51.2 Å². The number of anilines is 1. The first-order chi connectivity index (χ1) is 10.6. The highest BCUT2D eigenvalue weighted by atomic mass is 32.1. The molecule has 2 aromatic rings. The Morgan fingerprint density at radius 2 is 2.09 bits per heavy atom. The molecular weight excluding hydrogens is 296 g/mol. The van der Waals surface area contributed by atoms with Crippen LogP contribution < -0.4 is 10.1 Å². The molecule has 1 aromatic carbocycles. The highest BCUT2D eigenvalue weighted by Crippen LogP contribution is 2.52. The molecule has 1 fully saturated rings. The lowest BCUT2D eigenvalue weighted by atomic mass is 9.94. The number of hydrogen-bond donors (Lipinski definition) is 1. The van der Waals surface area contributed by atoms with Crippen molar-refractivity contribution in [3.63, 3.8) is 0 Å². The number of ether oxygens (including phenoxy) is 1. The van der Waals surface area contributed by atoms with Crippen LogP contribution in [0.15, 0.2) is 29.6 Å². The van der Waals surface area contributed by atoms with E-state index in [1.54, 1.807) is 7.11 Å². The summed E-state index contributed by atoms with van der Waals surface area (Å²) in [4.78, 5) is 17.2. The number of amides is 1. The molecule has 0 radical (unpaired) electrons. The molecule has 1 aromatic heterocycles. The number of hydrogen-bond acceptors (Lipinski definition) is 4. The van der Waals surface area contributed by atoms with Gasteiger partial charge in [0.25, 0.3) is 0 Å². The van der Waals surface area contributed by atoms with Crippen LogP contribution in [0.2, 0.25) is 0 Å². The number of benzene rings is 1. The molecule has 1 aliphatic carbocycles. The van der Waals surface area contributed by atoms with Crippen molar-refractivity contribution < 1.29 is 9.53 Å². The van der Waals surface area contributed by atoms with Gasteiger partial charge in [-0.2, -0.15) is 0 Å². The van der Waals surface area contributed by atoms with Gasteiger partial charge in [-0.05, 0) is 24.8 Å². The second-order valence-electron chi connectivity index (χ2n) is 5.97. The van der Waals surface area contributed by atoms with Gasteiger partial charge in [-0.15, -0.1) is 11.3 Å². The molecule has 22 heavy (non-hydrogen) atoms. The molecule has 4 nitrogen and oxygen atoms in total. The number of rotatable bonds is 5. The molecule has 1 aliphatic rings. The normalized spacial score (nSPS) is 15.6. The fourth-order valence-electron chi connectivity index (χ4n) is 2.61. The van der Waals surface area contributed by atoms with Crippen LogP contribution in [-0.4, -0.2) is 18.0 Å². The van der Waals surface area contributed by atoms with Gasteiger partial charge in [0.05, 0.1) is 18.2 Å². The third-order valence-corrected chi connectivity index (χ3v) is 4.92. The van der Waals surface area contributed by atoms with Gasteiger partial charge in [-0.25, -0.2) is 4.98 Å². The zero-order chi connectivity index (χ0) is 15.7. The Bertz CT molecular complexity index is 689. The number of para-hydroxylation sites is 1. The van der Waals surface area contributed by atoms with Crippen LogP contribution in [0, 0.1) is 0 Å². The Hall–Kier alpha value is -1.88. The summed E-state index contributed by atoms with van der Waals surface area (Å²) in [6, 6.07) is 7.76. The molecule has 1 heterocycles.